The Kier molecular flexibility index (Phi) is 5.74. The minimum atomic E-state index is -0.117. The molecule has 0 aliphatic heterocycles. The molecule has 2 aromatic rings. The fourth-order valence-corrected chi connectivity index (χ4v) is 2.64. The lowest BCUT2D eigenvalue weighted by Gasteiger charge is -2.21. The van der Waals surface area contributed by atoms with E-state index in [0.29, 0.717) is 13.0 Å². The zero-order valence-corrected chi connectivity index (χ0v) is 14.0. The molecule has 0 fully saturated rings. The van der Waals surface area contributed by atoms with Crippen molar-refractivity contribution < 1.29 is 9.59 Å². The van der Waals surface area contributed by atoms with Crippen LogP contribution in [0.3, 0.4) is 0 Å². The molecule has 122 valence electrons. The molecular weight excluding hydrogens is 288 g/mol. The molecule has 2 aromatic carbocycles. The first-order chi connectivity index (χ1) is 11.0. The molecule has 4 nitrogen and oxygen atoms in total. The topological polar surface area (TPSA) is 49.4 Å². The number of nitrogens with one attached hydrogen (secondary N) is 1. The van der Waals surface area contributed by atoms with Gasteiger partial charge in [-0.15, -0.1) is 0 Å². The Morgan fingerprint density at radius 2 is 1.78 bits per heavy atom. The van der Waals surface area contributed by atoms with Gasteiger partial charge >= 0.3 is 0 Å². The third-order valence-electron chi connectivity index (χ3n) is 3.74. The molecule has 0 unspecified atom stereocenters. The maximum absolute atomic E-state index is 12.6. The molecule has 0 atom stereocenters. The van der Waals surface area contributed by atoms with Crippen LogP contribution in [0.15, 0.2) is 42.5 Å². The highest BCUT2D eigenvalue weighted by molar-refractivity contribution is 5.91. The van der Waals surface area contributed by atoms with Gasteiger partial charge < -0.3 is 10.2 Å². The fourth-order valence-electron chi connectivity index (χ4n) is 2.64. The van der Waals surface area contributed by atoms with Crippen LogP contribution in [0.2, 0.25) is 0 Å². The zero-order chi connectivity index (χ0) is 16.8. The van der Waals surface area contributed by atoms with E-state index in [9.17, 15) is 9.59 Å². The van der Waals surface area contributed by atoms with Crippen LogP contribution in [0.1, 0.15) is 26.3 Å². The normalized spacial score (nSPS) is 10.8. The van der Waals surface area contributed by atoms with Crippen molar-refractivity contribution in [2.45, 2.75) is 33.2 Å². The molecule has 2 rings (SSSR count). The number of likely N-dealkylation sites (N-methyl/N-ethyl adjacent to an activating group) is 1. The van der Waals surface area contributed by atoms with Crippen LogP contribution in [0.4, 0.5) is 0 Å². The Balaban J connectivity index is 2.11. The van der Waals surface area contributed by atoms with Crippen molar-refractivity contribution in [3.8, 4) is 0 Å². The summed E-state index contributed by atoms with van der Waals surface area (Å²) in [7, 11) is 0. The van der Waals surface area contributed by atoms with Crippen LogP contribution in [0.25, 0.3) is 10.8 Å². The van der Waals surface area contributed by atoms with Gasteiger partial charge in [0.15, 0.2) is 0 Å². The van der Waals surface area contributed by atoms with Gasteiger partial charge in [0.25, 0.3) is 0 Å². The maximum Gasteiger partial charge on any atom is 0.239 e. The highest BCUT2D eigenvalue weighted by Crippen LogP contribution is 2.19. The highest BCUT2D eigenvalue weighted by Gasteiger charge is 2.17. The second-order valence-electron chi connectivity index (χ2n) is 5.95. The second kappa shape index (κ2) is 7.77. The van der Waals surface area contributed by atoms with Crippen molar-refractivity contribution in [3.63, 3.8) is 0 Å². The van der Waals surface area contributed by atoms with E-state index in [1.54, 1.807) is 4.90 Å². The van der Waals surface area contributed by atoms with Gasteiger partial charge in [0.2, 0.25) is 11.8 Å². The van der Waals surface area contributed by atoms with Crippen molar-refractivity contribution in [1.82, 2.24) is 10.2 Å². The van der Waals surface area contributed by atoms with E-state index < -0.39 is 0 Å². The van der Waals surface area contributed by atoms with E-state index in [1.165, 1.54) is 0 Å². The lowest BCUT2D eigenvalue weighted by Crippen LogP contribution is -2.43. The minimum absolute atomic E-state index is 0.0252. The molecule has 0 aliphatic carbocycles. The number of amides is 2. The zero-order valence-electron chi connectivity index (χ0n) is 14.0. The molecule has 0 spiro atoms. The first-order valence-corrected chi connectivity index (χ1v) is 8.05. The molecule has 2 amide bonds. The van der Waals surface area contributed by atoms with E-state index in [4.69, 9.17) is 0 Å². The van der Waals surface area contributed by atoms with Gasteiger partial charge in [-0.05, 0) is 37.1 Å². The lowest BCUT2D eigenvalue weighted by molar-refractivity contribution is -0.135. The van der Waals surface area contributed by atoms with Crippen LogP contribution in [0, 0.1) is 0 Å². The predicted molar refractivity (Wildman–Crippen MR) is 93.2 cm³/mol. The summed E-state index contributed by atoms with van der Waals surface area (Å²) >= 11 is 0. The van der Waals surface area contributed by atoms with Gasteiger partial charge in [0, 0.05) is 12.6 Å². The van der Waals surface area contributed by atoms with Gasteiger partial charge in [-0.25, -0.2) is 0 Å². The quantitative estimate of drug-likeness (QED) is 0.891. The van der Waals surface area contributed by atoms with Gasteiger partial charge in [0.05, 0.1) is 13.0 Å². The summed E-state index contributed by atoms with van der Waals surface area (Å²) in [5.74, 6) is -0.143. The molecular formula is C19H24N2O2. The summed E-state index contributed by atoms with van der Waals surface area (Å²) in [5.41, 5.74) is 0.996. The van der Waals surface area contributed by atoms with Crippen molar-refractivity contribution in [2.24, 2.45) is 0 Å². The number of rotatable bonds is 6. The molecule has 0 bridgehead atoms. The molecule has 0 saturated carbocycles. The minimum Gasteiger partial charge on any atom is -0.352 e. The van der Waals surface area contributed by atoms with E-state index >= 15 is 0 Å². The average molecular weight is 312 g/mol. The van der Waals surface area contributed by atoms with Crippen molar-refractivity contribution >= 4 is 22.6 Å². The summed E-state index contributed by atoms with van der Waals surface area (Å²) in [6.07, 6.45) is 0.310. The predicted octanol–water partition coefficient (Wildman–Crippen LogP) is 2.76. The van der Waals surface area contributed by atoms with Crippen molar-refractivity contribution in [3.05, 3.63) is 48.0 Å². The number of carbonyl (C=O) groups excluding carboxylic acids is 2. The fraction of sp³-hybridized carbons (Fsp3) is 0.368. The Bertz CT molecular complexity index is 689. The smallest absolute Gasteiger partial charge is 0.239 e. The molecule has 0 aromatic heterocycles. The van der Waals surface area contributed by atoms with Crippen molar-refractivity contribution in [1.29, 1.82) is 0 Å². The first kappa shape index (κ1) is 17.0. The number of fused-ring (bicyclic) bond motifs is 1. The SMILES string of the molecule is CCN(CC(=O)NC(C)C)C(=O)Cc1cccc2ccccc12. The van der Waals surface area contributed by atoms with Gasteiger partial charge in [-0.1, -0.05) is 42.5 Å². The van der Waals surface area contributed by atoms with Crippen LogP contribution in [0.5, 0.6) is 0 Å². The van der Waals surface area contributed by atoms with Crippen LogP contribution >= 0.6 is 0 Å². The third-order valence-corrected chi connectivity index (χ3v) is 3.74. The van der Waals surface area contributed by atoms with Crippen LogP contribution in [-0.2, 0) is 16.0 Å². The van der Waals surface area contributed by atoms with E-state index in [2.05, 4.69) is 5.32 Å². The van der Waals surface area contributed by atoms with Gasteiger partial charge in [-0.2, -0.15) is 0 Å². The average Bonchev–Trinajstić information content (AvgIpc) is 2.52. The van der Waals surface area contributed by atoms with E-state index in [0.717, 1.165) is 16.3 Å². The number of nitrogens with zero attached hydrogens (tertiary/aromatic N) is 1. The van der Waals surface area contributed by atoms with E-state index in [-0.39, 0.29) is 24.4 Å². The molecule has 0 radical (unpaired) electrons. The third kappa shape index (κ3) is 4.55. The number of hydrogen-bond acceptors (Lipinski definition) is 2. The molecule has 4 heteroatoms. The Morgan fingerprint density at radius 3 is 2.48 bits per heavy atom. The Morgan fingerprint density at radius 1 is 1.09 bits per heavy atom. The number of carbonyl (C=O) groups is 2. The molecule has 1 N–H and O–H groups in total. The second-order valence-corrected chi connectivity index (χ2v) is 5.95. The number of hydrogen-bond donors (Lipinski definition) is 1. The summed E-state index contributed by atoms with van der Waals surface area (Å²) in [6, 6.07) is 14.1. The Labute approximate surface area is 137 Å². The lowest BCUT2D eigenvalue weighted by atomic mass is 10.0. The van der Waals surface area contributed by atoms with Crippen LogP contribution in [-0.4, -0.2) is 35.8 Å². The Hall–Kier alpha value is -2.36. The van der Waals surface area contributed by atoms with E-state index in [1.807, 2.05) is 63.2 Å². The summed E-state index contributed by atoms with van der Waals surface area (Å²) < 4.78 is 0. The van der Waals surface area contributed by atoms with Gasteiger partial charge in [-0.3, -0.25) is 9.59 Å². The highest BCUT2D eigenvalue weighted by atomic mass is 16.2. The van der Waals surface area contributed by atoms with Crippen LogP contribution < -0.4 is 5.32 Å². The maximum atomic E-state index is 12.6. The summed E-state index contributed by atoms with van der Waals surface area (Å²) in [4.78, 5) is 26.0. The monoisotopic (exact) mass is 312 g/mol. The molecule has 0 heterocycles. The standard InChI is InChI=1S/C19H24N2O2/c1-4-21(13-18(22)20-14(2)3)19(23)12-16-10-7-9-15-8-5-6-11-17(15)16/h5-11,14H,4,12-13H2,1-3H3,(H,20,22). The number of benzene rings is 2. The molecule has 0 aliphatic rings. The van der Waals surface area contributed by atoms with Crippen molar-refractivity contribution in [2.75, 3.05) is 13.1 Å². The molecule has 23 heavy (non-hydrogen) atoms. The summed E-state index contributed by atoms with van der Waals surface area (Å²) in [6.45, 7) is 6.34. The largest absolute Gasteiger partial charge is 0.352 e. The van der Waals surface area contributed by atoms with Gasteiger partial charge in [0.1, 0.15) is 0 Å². The summed E-state index contributed by atoms with van der Waals surface area (Å²) in [5, 5.41) is 5.04. The molecule has 0 saturated heterocycles. The first-order valence-electron chi connectivity index (χ1n) is 8.05.